The minimum atomic E-state index is 0.134. The van der Waals surface area contributed by atoms with E-state index in [0.29, 0.717) is 18.2 Å². The van der Waals surface area contributed by atoms with Gasteiger partial charge in [-0.3, -0.25) is 4.79 Å². The predicted molar refractivity (Wildman–Crippen MR) is 67.2 cm³/mol. The fourth-order valence-electron chi connectivity index (χ4n) is 2.22. The Balaban J connectivity index is 2.31. The molecule has 1 aliphatic rings. The number of hydrogen-bond acceptors (Lipinski definition) is 1. The first kappa shape index (κ1) is 11.5. The topological polar surface area (TPSA) is 20.3 Å². The van der Waals surface area contributed by atoms with Gasteiger partial charge >= 0.3 is 0 Å². The quantitative estimate of drug-likeness (QED) is 0.724. The van der Waals surface area contributed by atoms with Gasteiger partial charge in [0.05, 0.1) is 0 Å². The van der Waals surface area contributed by atoms with E-state index in [0.717, 1.165) is 18.7 Å². The monoisotopic (exact) mass is 237 g/mol. The van der Waals surface area contributed by atoms with Gasteiger partial charge in [-0.2, -0.15) is 0 Å². The predicted octanol–water partition coefficient (Wildman–Crippen LogP) is 3.16. The molecular formula is C13H16ClNO. The van der Waals surface area contributed by atoms with Crippen LogP contribution in [0.25, 0.3) is 0 Å². The standard InChI is InChI=1S/C13H16ClNO/c1-10-7-9-15(13(16)6-8-14)12-5-3-2-4-11(10)12/h2-5,10H,6-9H2,1H3/t10-/m0/s1. The molecule has 16 heavy (non-hydrogen) atoms. The van der Waals surface area contributed by atoms with Gasteiger partial charge < -0.3 is 4.90 Å². The highest BCUT2D eigenvalue weighted by molar-refractivity contribution is 6.19. The number of nitrogens with zero attached hydrogens (tertiary/aromatic N) is 1. The molecule has 86 valence electrons. The molecule has 0 unspecified atom stereocenters. The maximum atomic E-state index is 11.9. The Labute approximate surface area is 101 Å². The zero-order valence-electron chi connectivity index (χ0n) is 9.45. The molecule has 1 aliphatic heterocycles. The maximum Gasteiger partial charge on any atom is 0.228 e. The summed E-state index contributed by atoms with van der Waals surface area (Å²) in [6.07, 6.45) is 1.45. The number of carbonyl (C=O) groups is 1. The highest BCUT2D eigenvalue weighted by atomic mass is 35.5. The molecule has 1 amide bonds. The summed E-state index contributed by atoms with van der Waals surface area (Å²) in [4.78, 5) is 13.8. The summed E-state index contributed by atoms with van der Waals surface area (Å²) in [5, 5.41) is 0. The molecule has 0 fully saturated rings. The molecule has 0 aliphatic carbocycles. The summed E-state index contributed by atoms with van der Waals surface area (Å²) in [6.45, 7) is 3.02. The van der Waals surface area contributed by atoms with Gasteiger partial charge in [-0.1, -0.05) is 25.1 Å². The van der Waals surface area contributed by atoms with E-state index < -0.39 is 0 Å². The van der Waals surface area contributed by atoms with Crippen molar-refractivity contribution >= 4 is 23.2 Å². The summed E-state index contributed by atoms with van der Waals surface area (Å²) >= 11 is 5.62. The number of anilines is 1. The van der Waals surface area contributed by atoms with Crippen molar-refractivity contribution in [2.75, 3.05) is 17.3 Å². The molecule has 2 rings (SSSR count). The average Bonchev–Trinajstić information content (AvgIpc) is 2.30. The van der Waals surface area contributed by atoms with Crippen LogP contribution in [0.15, 0.2) is 24.3 Å². The second-order valence-electron chi connectivity index (χ2n) is 4.23. The molecule has 0 radical (unpaired) electrons. The van der Waals surface area contributed by atoms with Crippen LogP contribution in [0.4, 0.5) is 5.69 Å². The number of halogens is 1. The minimum Gasteiger partial charge on any atom is -0.312 e. The van der Waals surface area contributed by atoms with Crippen molar-refractivity contribution in [2.45, 2.75) is 25.7 Å². The zero-order chi connectivity index (χ0) is 11.5. The summed E-state index contributed by atoms with van der Waals surface area (Å²) < 4.78 is 0. The van der Waals surface area contributed by atoms with Crippen LogP contribution in [0, 0.1) is 0 Å². The molecular weight excluding hydrogens is 222 g/mol. The van der Waals surface area contributed by atoms with Crippen molar-refractivity contribution in [1.29, 1.82) is 0 Å². The summed E-state index contributed by atoms with van der Waals surface area (Å²) in [7, 11) is 0. The Morgan fingerprint density at radius 3 is 3.00 bits per heavy atom. The molecule has 1 aromatic carbocycles. The van der Waals surface area contributed by atoms with Gasteiger partial charge in [0.1, 0.15) is 0 Å². The Bertz CT molecular complexity index is 391. The van der Waals surface area contributed by atoms with Gasteiger partial charge in [0.25, 0.3) is 0 Å². The molecule has 1 atom stereocenters. The van der Waals surface area contributed by atoms with E-state index in [1.54, 1.807) is 0 Å². The molecule has 1 aromatic rings. The summed E-state index contributed by atoms with van der Waals surface area (Å²) in [5.74, 6) is 1.07. The second kappa shape index (κ2) is 4.88. The Hall–Kier alpha value is -1.02. The van der Waals surface area contributed by atoms with Crippen LogP contribution in [0.1, 0.15) is 31.2 Å². The van der Waals surface area contributed by atoms with Crippen molar-refractivity contribution in [1.82, 2.24) is 0 Å². The molecule has 0 N–H and O–H groups in total. The van der Waals surface area contributed by atoms with E-state index in [1.165, 1.54) is 5.56 Å². The number of hydrogen-bond donors (Lipinski definition) is 0. The van der Waals surface area contributed by atoms with Gasteiger partial charge in [-0.25, -0.2) is 0 Å². The molecule has 1 heterocycles. The first-order valence-electron chi connectivity index (χ1n) is 5.69. The van der Waals surface area contributed by atoms with Crippen molar-refractivity contribution < 1.29 is 4.79 Å². The third-order valence-corrected chi connectivity index (χ3v) is 3.34. The van der Waals surface area contributed by atoms with E-state index in [2.05, 4.69) is 13.0 Å². The fourth-order valence-corrected chi connectivity index (χ4v) is 2.39. The second-order valence-corrected chi connectivity index (χ2v) is 4.61. The number of rotatable bonds is 2. The number of amides is 1. The van der Waals surface area contributed by atoms with Crippen LogP contribution >= 0.6 is 11.6 Å². The van der Waals surface area contributed by atoms with E-state index >= 15 is 0 Å². The minimum absolute atomic E-state index is 0.134. The number of benzene rings is 1. The van der Waals surface area contributed by atoms with Gasteiger partial charge in [-0.15, -0.1) is 11.6 Å². The van der Waals surface area contributed by atoms with Crippen LogP contribution in [0.3, 0.4) is 0 Å². The van der Waals surface area contributed by atoms with Gasteiger partial charge in [0, 0.05) is 24.5 Å². The molecule has 3 heteroatoms. The molecule has 0 saturated carbocycles. The highest BCUT2D eigenvalue weighted by Crippen LogP contribution is 2.34. The Kier molecular flexibility index (Phi) is 3.49. The van der Waals surface area contributed by atoms with Crippen LogP contribution < -0.4 is 4.90 Å². The largest absolute Gasteiger partial charge is 0.312 e. The fraction of sp³-hybridized carbons (Fsp3) is 0.462. The van der Waals surface area contributed by atoms with Crippen LogP contribution in [0.5, 0.6) is 0 Å². The first-order chi connectivity index (χ1) is 7.74. The van der Waals surface area contributed by atoms with E-state index in [9.17, 15) is 4.79 Å². The lowest BCUT2D eigenvalue weighted by Gasteiger charge is -2.32. The normalized spacial score (nSPS) is 19.4. The van der Waals surface area contributed by atoms with Crippen LogP contribution in [-0.2, 0) is 4.79 Å². The van der Waals surface area contributed by atoms with E-state index in [-0.39, 0.29) is 5.91 Å². The lowest BCUT2D eigenvalue weighted by Crippen LogP contribution is -2.36. The molecule has 0 spiro atoms. The SMILES string of the molecule is C[C@H]1CCN(C(=O)CCCl)c2ccccc21. The highest BCUT2D eigenvalue weighted by Gasteiger charge is 2.25. The molecule has 0 aromatic heterocycles. The van der Waals surface area contributed by atoms with Crippen molar-refractivity contribution in [3.05, 3.63) is 29.8 Å². The van der Waals surface area contributed by atoms with Crippen LogP contribution in [0.2, 0.25) is 0 Å². The summed E-state index contributed by atoms with van der Waals surface area (Å²) in [5.41, 5.74) is 2.34. The van der Waals surface area contributed by atoms with Gasteiger partial charge in [0.2, 0.25) is 5.91 Å². The number of carbonyl (C=O) groups excluding carboxylic acids is 1. The van der Waals surface area contributed by atoms with Gasteiger partial charge in [0.15, 0.2) is 0 Å². The van der Waals surface area contributed by atoms with Crippen molar-refractivity contribution in [3.63, 3.8) is 0 Å². The molecule has 2 nitrogen and oxygen atoms in total. The number of para-hydroxylation sites is 1. The first-order valence-corrected chi connectivity index (χ1v) is 6.22. The lowest BCUT2D eigenvalue weighted by atomic mass is 9.91. The molecule has 0 bridgehead atoms. The van der Waals surface area contributed by atoms with E-state index in [1.807, 2.05) is 23.1 Å². The van der Waals surface area contributed by atoms with Crippen LogP contribution in [-0.4, -0.2) is 18.3 Å². The smallest absolute Gasteiger partial charge is 0.228 e. The zero-order valence-corrected chi connectivity index (χ0v) is 10.2. The van der Waals surface area contributed by atoms with E-state index in [4.69, 9.17) is 11.6 Å². The summed E-state index contributed by atoms with van der Waals surface area (Å²) in [6, 6.07) is 8.15. The third kappa shape index (κ3) is 2.07. The average molecular weight is 238 g/mol. The third-order valence-electron chi connectivity index (χ3n) is 3.15. The van der Waals surface area contributed by atoms with Gasteiger partial charge in [-0.05, 0) is 24.0 Å². The maximum absolute atomic E-state index is 11.9. The Morgan fingerprint density at radius 1 is 1.50 bits per heavy atom. The van der Waals surface area contributed by atoms with Crippen molar-refractivity contribution in [2.24, 2.45) is 0 Å². The lowest BCUT2D eigenvalue weighted by molar-refractivity contribution is -0.118. The molecule has 0 saturated heterocycles. The Morgan fingerprint density at radius 2 is 2.25 bits per heavy atom. The number of alkyl halides is 1. The number of fused-ring (bicyclic) bond motifs is 1. The van der Waals surface area contributed by atoms with Crippen molar-refractivity contribution in [3.8, 4) is 0 Å².